The summed E-state index contributed by atoms with van der Waals surface area (Å²) in [6.07, 6.45) is 3.77. The van der Waals surface area contributed by atoms with Gasteiger partial charge in [-0.05, 0) is 125 Å². The van der Waals surface area contributed by atoms with E-state index in [1.807, 2.05) is 6.07 Å². The minimum Gasteiger partial charge on any atom is -0.508 e. The summed E-state index contributed by atoms with van der Waals surface area (Å²) in [5, 5.41) is 21.0. The summed E-state index contributed by atoms with van der Waals surface area (Å²) in [6, 6.07) is 6.12. The van der Waals surface area contributed by atoms with E-state index >= 15 is 0 Å². The van der Waals surface area contributed by atoms with E-state index in [9.17, 15) is 36.6 Å². The van der Waals surface area contributed by atoms with Gasteiger partial charge in [-0.2, -0.15) is 22.0 Å². The van der Waals surface area contributed by atoms with Crippen LogP contribution in [0.5, 0.6) is 5.75 Å². The molecule has 0 bridgehead atoms. The molecule has 0 aromatic heterocycles. The van der Waals surface area contributed by atoms with Gasteiger partial charge in [-0.15, -0.1) is 0 Å². The Labute approximate surface area is 253 Å². The van der Waals surface area contributed by atoms with Crippen molar-refractivity contribution in [3.8, 4) is 5.75 Å². The third-order valence-corrected chi connectivity index (χ3v) is 11.4. The standard InChI is InChI=1S/C34H51F6NO2/c1-23(41(2)19-9-5-3-4-8-17-33(36,37)34(38,39)40)10-6-7-11-24-20-25-21-26(42)12-13-27(25)28-16-18-32(22-35)29(31(24)28)14-15-30(32)43/h12-13,21,23-24,28-31,42-43H,3-11,14-20,22H2,1-2H3/t23?,24-,28-,29+,30+,31-,32-/m1/s1. The van der Waals surface area contributed by atoms with Crippen molar-refractivity contribution in [2.24, 2.45) is 23.2 Å². The fraction of sp³-hybridized carbons (Fsp3) is 0.824. The molecular weight excluding hydrogens is 568 g/mol. The lowest BCUT2D eigenvalue weighted by molar-refractivity contribution is -0.284. The molecule has 43 heavy (non-hydrogen) atoms. The predicted molar refractivity (Wildman–Crippen MR) is 157 cm³/mol. The number of halogens is 6. The second-order valence-corrected chi connectivity index (χ2v) is 14.0. The summed E-state index contributed by atoms with van der Waals surface area (Å²) in [4.78, 5) is 2.30. The summed E-state index contributed by atoms with van der Waals surface area (Å²) in [7, 11) is 2.08. The summed E-state index contributed by atoms with van der Waals surface area (Å²) in [6.45, 7) is 2.61. The number of nitrogens with zero attached hydrogens (tertiary/aromatic N) is 1. The minimum atomic E-state index is -5.46. The number of alkyl halides is 6. The molecule has 1 aromatic carbocycles. The molecule has 0 amide bonds. The number of aliphatic hydroxyl groups excluding tert-OH is 1. The Morgan fingerprint density at radius 2 is 1.70 bits per heavy atom. The highest BCUT2D eigenvalue weighted by molar-refractivity contribution is 5.40. The number of phenols is 1. The number of unbranched alkanes of at least 4 members (excludes halogenated alkanes) is 5. The van der Waals surface area contributed by atoms with Crippen molar-refractivity contribution in [1.82, 2.24) is 4.90 Å². The van der Waals surface area contributed by atoms with Crippen molar-refractivity contribution in [3.05, 3.63) is 29.3 Å². The van der Waals surface area contributed by atoms with Crippen molar-refractivity contribution in [2.45, 2.75) is 133 Å². The molecule has 2 N–H and O–H groups in total. The molecule has 2 saturated carbocycles. The number of aromatic hydroxyl groups is 1. The van der Waals surface area contributed by atoms with Crippen molar-refractivity contribution >= 4 is 0 Å². The van der Waals surface area contributed by atoms with Gasteiger partial charge in [0.15, 0.2) is 0 Å². The first-order valence-corrected chi connectivity index (χ1v) is 16.5. The van der Waals surface area contributed by atoms with Crippen molar-refractivity contribution < 1.29 is 36.6 Å². The average molecular weight is 620 g/mol. The number of hydrogen-bond acceptors (Lipinski definition) is 3. The van der Waals surface area contributed by atoms with E-state index in [2.05, 4.69) is 24.9 Å². The van der Waals surface area contributed by atoms with Crippen LogP contribution in [-0.2, 0) is 6.42 Å². The predicted octanol–water partition coefficient (Wildman–Crippen LogP) is 9.20. The van der Waals surface area contributed by atoms with Gasteiger partial charge in [0.1, 0.15) is 5.75 Å². The smallest absolute Gasteiger partial charge is 0.453 e. The van der Waals surface area contributed by atoms with E-state index in [1.165, 1.54) is 11.1 Å². The molecule has 3 nitrogen and oxygen atoms in total. The molecule has 9 heteroatoms. The molecule has 246 valence electrons. The number of phenolic OH excluding ortho intramolecular Hbond substituents is 1. The normalized spacial score (nSPS) is 29.8. The van der Waals surface area contributed by atoms with E-state index in [4.69, 9.17) is 0 Å². The van der Waals surface area contributed by atoms with E-state index in [0.717, 1.165) is 70.8 Å². The summed E-state index contributed by atoms with van der Waals surface area (Å²) in [5.74, 6) is -2.98. The van der Waals surface area contributed by atoms with Crippen LogP contribution < -0.4 is 0 Å². The van der Waals surface area contributed by atoms with Gasteiger partial charge in [-0.3, -0.25) is 4.39 Å². The third kappa shape index (κ3) is 7.67. The van der Waals surface area contributed by atoms with E-state index in [1.54, 1.807) is 6.07 Å². The molecule has 0 aliphatic heterocycles. The molecule has 1 aromatic rings. The quantitative estimate of drug-likeness (QED) is 0.152. The number of rotatable bonds is 15. The Balaban J connectivity index is 1.21. The van der Waals surface area contributed by atoms with E-state index in [0.29, 0.717) is 48.8 Å². The largest absolute Gasteiger partial charge is 0.508 e. The van der Waals surface area contributed by atoms with Gasteiger partial charge in [0.2, 0.25) is 0 Å². The minimum absolute atomic E-state index is 0.121. The van der Waals surface area contributed by atoms with Gasteiger partial charge in [0, 0.05) is 17.9 Å². The lowest BCUT2D eigenvalue weighted by Gasteiger charge is -2.53. The monoisotopic (exact) mass is 619 g/mol. The van der Waals surface area contributed by atoms with Crippen LogP contribution in [0.3, 0.4) is 0 Å². The average Bonchev–Trinajstić information content (AvgIpc) is 3.29. The first kappa shape index (κ1) is 34.4. The Morgan fingerprint density at radius 3 is 2.42 bits per heavy atom. The molecule has 0 saturated heterocycles. The molecule has 1 unspecified atom stereocenters. The Bertz CT molecular complexity index is 1030. The highest BCUT2D eigenvalue weighted by Gasteiger charge is 2.59. The molecular formula is C34H51F6NO2. The van der Waals surface area contributed by atoms with Crippen molar-refractivity contribution in [3.63, 3.8) is 0 Å². The van der Waals surface area contributed by atoms with E-state index < -0.39 is 36.7 Å². The number of fused-ring (bicyclic) bond motifs is 5. The summed E-state index contributed by atoms with van der Waals surface area (Å²) >= 11 is 0. The van der Waals surface area contributed by atoms with Crippen LogP contribution in [-0.4, -0.2) is 59.6 Å². The Morgan fingerprint density at radius 1 is 0.977 bits per heavy atom. The maximum absolute atomic E-state index is 14.6. The van der Waals surface area contributed by atoms with Crippen LogP contribution in [0.1, 0.15) is 114 Å². The first-order valence-electron chi connectivity index (χ1n) is 16.5. The van der Waals surface area contributed by atoms with Crippen molar-refractivity contribution in [1.29, 1.82) is 0 Å². The number of aliphatic hydroxyl groups is 1. The third-order valence-electron chi connectivity index (χ3n) is 11.4. The molecule has 0 heterocycles. The lowest BCUT2D eigenvalue weighted by atomic mass is 9.52. The van der Waals surface area contributed by atoms with Crippen LogP contribution >= 0.6 is 0 Å². The lowest BCUT2D eigenvalue weighted by Crippen LogP contribution is -2.49. The topological polar surface area (TPSA) is 43.7 Å². The summed E-state index contributed by atoms with van der Waals surface area (Å²) < 4.78 is 77.4. The molecule has 2 fully saturated rings. The molecule has 0 spiro atoms. The van der Waals surface area contributed by atoms with Gasteiger partial charge < -0.3 is 15.1 Å². The zero-order valence-corrected chi connectivity index (χ0v) is 25.8. The van der Waals surface area contributed by atoms with E-state index in [-0.39, 0.29) is 12.3 Å². The number of hydrogen-bond donors (Lipinski definition) is 2. The van der Waals surface area contributed by atoms with Gasteiger partial charge in [-0.25, -0.2) is 0 Å². The molecule has 7 atom stereocenters. The molecule has 0 radical (unpaired) electrons. The zero-order chi connectivity index (χ0) is 31.4. The molecule has 3 aliphatic carbocycles. The highest BCUT2D eigenvalue weighted by atomic mass is 19.4. The Kier molecular flexibility index (Phi) is 11.4. The van der Waals surface area contributed by atoms with Gasteiger partial charge in [0.25, 0.3) is 0 Å². The SMILES string of the molecule is CC(CCCC[C@@H]1Cc2cc(O)ccc2[C@H]2CC[C@]3(CF)[C@@H](O)CC[C@H]3[C@H]12)N(C)CCCCCCCC(F)(F)C(F)(F)F. The maximum atomic E-state index is 14.6. The number of benzene rings is 1. The highest BCUT2D eigenvalue weighted by Crippen LogP contribution is 2.63. The fourth-order valence-electron chi connectivity index (χ4n) is 8.77. The Hall–Kier alpha value is -1.48. The maximum Gasteiger partial charge on any atom is 0.453 e. The van der Waals surface area contributed by atoms with Crippen LogP contribution in [0.2, 0.25) is 0 Å². The van der Waals surface area contributed by atoms with Crippen LogP contribution in [0.15, 0.2) is 18.2 Å². The van der Waals surface area contributed by atoms with Gasteiger partial charge >= 0.3 is 12.1 Å². The molecule has 4 rings (SSSR count). The van der Waals surface area contributed by atoms with Crippen molar-refractivity contribution in [2.75, 3.05) is 20.3 Å². The van der Waals surface area contributed by atoms with Gasteiger partial charge in [0.05, 0.1) is 12.8 Å². The van der Waals surface area contributed by atoms with Crippen LogP contribution in [0, 0.1) is 23.2 Å². The first-order chi connectivity index (χ1) is 20.3. The second kappa shape index (κ2) is 14.3. The molecule has 3 aliphatic rings. The van der Waals surface area contributed by atoms with Crippen LogP contribution in [0.25, 0.3) is 0 Å². The second-order valence-electron chi connectivity index (χ2n) is 14.0. The zero-order valence-electron chi connectivity index (χ0n) is 25.8. The van der Waals surface area contributed by atoms with Crippen LogP contribution in [0.4, 0.5) is 26.3 Å². The van der Waals surface area contributed by atoms with Gasteiger partial charge in [-0.1, -0.05) is 38.2 Å². The fourth-order valence-corrected chi connectivity index (χ4v) is 8.77. The summed E-state index contributed by atoms with van der Waals surface area (Å²) in [5.41, 5.74) is 1.93.